The van der Waals surface area contributed by atoms with Crippen molar-refractivity contribution < 1.29 is 4.79 Å². The van der Waals surface area contributed by atoms with E-state index in [1.165, 1.54) is 11.1 Å². The molecule has 20 heavy (non-hydrogen) atoms. The molecule has 1 aliphatic heterocycles. The molecule has 0 aliphatic carbocycles. The Labute approximate surface area is 130 Å². The first kappa shape index (κ1) is 15.6. The van der Waals surface area contributed by atoms with Gasteiger partial charge in [-0.1, -0.05) is 41.9 Å². The van der Waals surface area contributed by atoms with Gasteiger partial charge in [0.15, 0.2) is 0 Å². The van der Waals surface area contributed by atoms with E-state index in [1.54, 1.807) is 0 Å². The molecule has 1 unspecified atom stereocenters. The maximum atomic E-state index is 12.4. The highest BCUT2D eigenvalue weighted by atomic mass is 79.9. The van der Waals surface area contributed by atoms with Crippen LogP contribution >= 0.6 is 15.9 Å². The van der Waals surface area contributed by atoms with Crippen LogP contribution in [0.1, 0.15) is 45.7 Å². The standard InChI is InChI=1S/C17H24BrNO/c1-11(2)16(20)19-12(3)8-14-9-13(6-7-15(14)19)10-17(4,5)18/h6-7,9,11-12H,8,10H2,1-5H3. The zero-order valence-corrected chi connectivity index (χ0v) is 14.6. The summed E-state index contributed by atoms with van der Waals surface area (Å²) in [7, 11) is 0. The average Bonchev–Trinajstić information content (AvgIpc) is 2.60. The van der Waals surface area contributed by atoms with Crippen LogP contribution in [0.25, 0.3) is 0 Å². The van der Waals surface area contributed by atoms with Gasteiger partial charge in [0.2, 0.25) is 5.91 Å². The van der Waals surface area contributed by atoms with Crippen molar-refractivity contribution >= 4 is 27.5 Å². The quantitative estimate of drug-likeness (QED) is 0.751. The van der Waals surface area contributed by atoms with Gasteiger partial charge in [0.25, 0.3) is 0 Å². The van der Waals surface area contributed by atoms with Crippen molar-refractivity contribution in [2.45, 2.75) is 57.8 Å². The molecule has 0 radical (unpaired) electrons. The number of halogens is 1. The fourth-order valence-electron chi connectivity index (χ4n) is 2.89. The van der Waals surface area contributed by atoms with Gasteiger partial charge >= 0.3 is 0 Å². The Morgan fingerprint density at radius 2 is 2.10 bits per heavy atom. The van der Waals surface area contributed by atoms with Gasteiger partial charge in [0.05, 0.1) is 0 Å². The van der Waals surface area contributed by atoms with Gasteiger partial charge in [0.1, 0.15) is 0 Å². The van der Waals surface area contributed by atoms with Gasteiger partial charge in [-0.3, -0.25) is 4.79 Å². The van der Waals surface area contributed by atoms with Gasteiger partial charge in [-0.25, -0.2) is 0 Å². The highest BCUT2D eigenvalue weighted by molar-refractivity contribution is 9.10. The first-order valence-corrected chi connectivity index (χ1v) is 8.12. The summed E-state index contributed by atoms with van der Waals surface area (Å²) in [5, 5.41) is 0. The van der Waals surface area contributed by atoms with Crippen molar-refractivity contribution in [3.63, 3.8) is 0 Å². The summed E-state index contributed by atoms with van der Waals surface area (Å²) in [4.78, 5) is 14.3. The minimum Gasteiger partial charge on any atom is -0.309 e. The van der Waals surface area contributed by atoms with Crippen LogP contribution in [0.2, 0.25) is 0 Å². The Hall–Kier alpha value is -0.830. The average molecular weight is 338 g/mol. The maximum Gasteiger partial charge on any atom is 0.229 e. The number of hydrogen-bond donors (Lipinski definition) is 0. The zero-order chi connectivity index (χ0) is 15.1. The van der Waals surface area contributed by atoms with Crippen LogP contribution in [-0.2, 0) is 17.6 Å². The highest BCUT2D eigenvalue weighted by Gasteiger charge is 2.32. The number of amides is 1. The molecule has 0 saturated carbocycles. The summed E-state index contributed by atoms with van der Waals surface area (Å²) in [6.45, 7) is 10.4. The van der Waals surface area contributed by atoms with Gasteiger partial charge in [-0.05, 0) is 50.8 Å². The molecule has 1 aromatic carbocycles. The topological polar surface area (TPSA) is 20.3 Å². The number of anilines is 1. The number of benzene rings is 1. The lowest BCUT2D eigenvalue weighted by Crippen LogP contribution is -2.38. The van der Waals surface area contributed by atoms with E-state index in [2.05, 4.69) is 54.9 Å². The fraction of sp³-hybridized carbons (Fsp3) is 0.588. The fourth-order valence-corrected chi connectivity index (χ4v) is 3.22. The molecule has 1 aromatic rings. The molecule has 0 aromatic heterocycles. The Kier molecular flexibility index (Phi) is 4.29. The van der Waals surface area contributed by atoms with Gasteiger partial charge in [-0.2, -0.15) is 0 Å². The van der Waals surface area contributed by atoms with Gasteiger partial charge in [-0.15, -0.1) is 0 Å². The van der Waals surface area contributed by atoms with Crippen LogP contribution in [0.4, 0.5) is 5.69 Å². The Bertz CT molecular complexity index is 516. The van der Waals surface area contributed by atoms with Crippen LogP contribution in [0, 0.1) is 5.92 Å². The van der Waals surface area contributed by atoms with E-state index >= 15 is 0 Å². The number of fused-ring (bicyclic) bond motifs is 1. The molecule has 0 fully saturated rings. The summed E-state index contributed by atoms with van der Waals surface area (Å²) in [5.74, 6) is 0.273. The molecule has 1 atom stereocenters. The molecular weight excluding hydrogens is 314 g/mol. The second kappa shape index (κ2) is 5.51. The van der Waals surface area contributed by atoms with E-state index in [1.807, 2.05) is 18.7 Å². The predicted molar refractivity (Wildman–Crippen MR) is 88.6 cm³/mol. The molecule has 1 heterocycles. The normalized spacial score (nSPS) is 18.6. The third kappa shape index (κ3) is 3.25. The van der Waals surface area contributed by atoms with Crippen LogP contribution in [0.15, 0.2) is 18.2 Å². The maximum absolute atomic E-state index is 12.4. The number of hydrogen-bond acceptors (Lipinski definition) is 1. The van der Waals surface area contributed by atoms with Gasteiger partial charge in [0, 0.05) is 22.0 Å². The molecular formula is C17H24BrNO. The monoisotopic (exact) mass is 337 g/mol. The van der Waals surface area contributed by atoms with Crippen molar-refractivity contribution in [2.24, 2.45) is 5.92 Å². The second-order valence-corrected chi connectivity index (χ2v) is 8.92. The molecule has 110 valence electrons. The molecule has 2 rings (SSSR count). The summed E-state index contributed by atoms with van der Waals surface area (Å²) in [6.07, 6.45) is 1.96. The lowest BCUT2D eigenvalue weighted by Gasteiger charge is -2.25. The Morgan fingerprint density at radius 3 is 2.65 bits per heavy atom. The Morgan fingerprint density at radius 1 is 1.45 bits per heavy atom. The zero-order valence-electron chi connectivity index (χ0n) is 13.0. The first-order chi connectivity index (χ1) is 9.19. The van der Waals surface area contributed by atoms with Crippen molar-refractivity contribution in [3.8, 4) is 0 Å². The summed E-state index contributed by atoms with van der Waals surface area (Å²) >= 11 is 3.70. The molecule has 2 nitrogen and oxygen atoms in total. The van der Waals surface area contributed by atoms with E-state index in [4.69, 9.17) is 0 Å². The predicted octanol–water partition coefficient (Wildman–Crippen LogP) is 4.34. The minimum absolute atomic E-state index is 0.0459. The molecule has 3 heteroatoms. The lowest BCUT2D eigenvalue weighted by atomic mass is 9.99. The number of alkyl halides is 1. The molecule has 1 aliphatic rings. The summed E-state index contributed by atoms with van der Waals surface area (Å²) in [6, 6.07) is 6.81. The first-order valence-electron chi connectivity index (χ1n) is 7.33. The lowest BCUT2D eigenvalue weighted by molar-refractivity contribution is -0.121. The van der Waals surface area contributed by atoms with Crippen molar-refractivity contribution in [2.75, 3.05) is 4.90 Å². The number of nitrogens with zero attached hydrogens (tertiary/aromatic N) is 1. The molecule has 0 bridgehead atoms. The van der Waals surface area contributed by atoms with Crippen molar-refractivity contribution in [1.82, 2.24) is 0 Å². The smallest absolute Gasteiger partial charge is 0.229 e. The van der Waals surface area contributed by atoms with Crippen LogP contribution < -0.4 is 4.90 Å². The summed E-state index contributed by atoms with van der Waals surface area (Å²) in [5.41, 5.74) is 3.74. The van der Waals surface area contributed by atoms with Crippen LogP contribution in [-0.4, -0.2) is 16.3 Å². The minimum atomic E-state index is 0.0459. The number of carbonyl (C=O) groups is 1. The number of carbonyl (C=O) groups excluding carboxylic acids is 1. The van der Waals surface area contributed by atoms with Crippen LogP contribution in [0.5, 0.6) is 0 Å². The molecule has 0 N–H and O–H groups in total. The van der Waals surface area contributed by atoms with E-state index < -0.39 is 0 Å². The highest BCUT2D eigenvalue weighted by Crippen LogP contribution is 2.35. The van der Waals surface area contributed by atoms with E-state index in [9.17, 15) is 4.79 Å². The Balaban J connectivity index is 2.30. The largest absolute Gasteiger partial charge is 0.309 e. The van der Waals surface area contributed by atoms with E-state index in [-0.39, 0.29) is 22.2 Å². The third-order valence-electron chi connectivity index (χ3n) is 3.72. The van der Waals surface area contributed by atoms with Crippen molar-refractivity contribution in [1.29, 1.82) is 0 Å². The van der Waals surface area contributed by atoms with Gasteiger partial charge < -0.3 is 4.90 Å². The van der Waals surface area contributed by atoms with Crippen molar-refractivity contribution in [3.05, 3.63) is 29.3 Å². The molecule has 0 saturated heterocycles. The molecule has 0 spiro atoms. The number of rotatable bonds is 3. The van der Waals surface area contributed by atoms with E-state index in [0.29, 0.717) is 0 Å². The van der Waals surface area contributed by atoms with E-state index in [0.717, 1.165) is 18.5 Å². The second-order valence-electron chi connectivity index (χ2n) is 6.77. The van der Waals surface area contributed by atoms with Crippen LogP contribution in [0.3, 0.4) is 0 Å². The third-order valence-corrected chi connectivity index (χ3v) is 4.00. The SMILES string of the molecule is CC(C)C(=O)N1c2ccc(CC(C)(C)Br)cc2CC1C. The molecule has 1 amide bonds. The summed E-state index contributed by atoms with van der Waals surface area (Å²) < 4.78 is 0.110.